The molecule has 9 heteroatoms. The summed E-state index contributed by atoms with van der Waals surface area (Å²) in [4.78, 5) is 11.9. The van der Waals surface area contributed by atoms with Gasteiger partial charge >= 0.3 is 6.18 Å². The van der Waals surface area contributed by atoms with Crippen LogP contribution in [0.25, 0.3) is 0 Å². The Morgan fingerprint density at radius 3 is 2.63 bits per heavy atom. The summed E-state index contributed by atoms with van der Waals surface area (Å²) in [6.07, 6.45) is -5.19. The summed E-state index contributed by atoms with van der Waals surface area (Å²) in [5, 5.41) is 5.14. The molecule has 0 aromatic heterocycles. The highest BCUT2D eigenvalue weighted by Crippen LogP contribution is 2.33. The van der Waals surface area contributed by atoms with Gasteiger partial charge in [-0.3, -0.25) is 4.79 Å². The molecule has 0 radical (unpaired) electrons. The van der Waals surface area contributed by atoms with E-state index in [2.05, 4.69) is 10.6 Å². The van der Waals surface area contributed by atoms with E-state index < -0.39 is 23.5 Å². The molecule has 1 aliphatic heterocycles. The zero-order valence-corrected chi connectivity index (χ0v) is 14.0. The molecule has 0 fully saturated rings. The number of anilines is 1. The van der Waals surface area contributed by atoms with Crippen molar-refractivity contribution in [2.24, 2.45) is 0 Å². The third-order valence-corrected chi connectivity index (χ3v) is 3.82. The van der Waals surface area contributed by atoms with Crippen molar-refractivity contribution in [3.63, 3.8) is 0 Å². The van der Waals surface area contributed by atoms with Crippen LogP contribution in [0.4, 0.5) is 23.2 Å². The lowest BCUT2D eigenvalue weighted by Gasteiger charge is -2.26. The van der Waals surface area contributed by atoms with E-state index in [0.717, 1.165) is 6.07 Å². The van der Waals surface area contributed by atoms with Crippen LogP contribution in [-0.2, 0) is 11.0 Å². The van der Waals surface area contributed by atoms with Crippen molar-refractivity contribution < 1.29 is 31.8 Å². The number of ether oxygens (including phenoxy) is 2. The van der Waals surface area contributed by atoms with Crippen LogP contribution in [0.1, 0.15) is 5.56 Å². The summed E-state index contributed by atoms with van der Waals surface area (Å²) in [6, 6.07) is 9.59. The molecule has 0 spiro atoms. The number of hydrogen-bond acceptors (Lipinski definition) is 4. The lowest BCUT2D eigenvalue weighted by molar-refractivity contribution is -0.139. The standard InChI is InChI=1S/C18H16F4N2O3/c19-14-6-5-11(7-13(14)18(20,21)22)23-9-17(25)24-8-12-10-26-15-3-1-2-4-16(15)27-12/h1-7,12,23H,8-10H2,(H,24,25). The second-order valence-corrected chi connectivity index (χ2v) is 5.85. The van der Waals surface area contributed by atoms with Crippen molar-refractivity contribution >= 4 is 11.6 Å². The zero-order chi connectivity index (χ0) is 19.4. The minimum absolute atomic E-state index is 0.00921. The van der Waals surface area contributed by atoms with Crippen molar-refractivity contribution in [2.45, 2.75) is 12.3 Å². The van der Waals surface area contributed by atoms with Crippen LogP contribution in [0, 0.1) is 5.82 Å². The molecule has 0 aliphatic carbocycles. The summed E-state index contributed by atoms with van der Waals surface area (Å²) in [6.45, 7) is 0.163. The number of carbonyl (C=O) groups excluding carboxylic acids is 1. The molecule has 2 aromatic carbocycles. The van der Waals surface area contributed by atoms with Crippen molar-refractivity contribution in [3.8, 4) is 11.5 Å². The van der Waals surface area contributed by atoms with E-state index in [4.69, 9.17) is 9.47 Å². The normalized spacial score (nSPS) is 15.9. The summed E-state index contributed by atoms with van der Waals surface area (Å²) in [5.74, 6) is -0.617. The molecule has 144 valence electrons. The third-order valence-electron chi connectivity index (χ3n) is 3.82. The topological polar surface area (TPSA) is 59.6 Å². The van der Waals surface area contributed by atoms with Gasteiger partial charge < -0.3 is 20.1 Å². The highest BCUT2D eigenvalue weighted by molar-refractivity contribution is 5.80. The predicted molar refractivity (Wildman–Crippen MR) is 89.3 cm³/mol. The van der Waals surface area contributed by atoms with E-state index in [-0.39, 0.29) is 31.5 Å². The van der Waals surface area contributed by atoms with Gasteiger partial charge in [0.1, 0.15) is 18.5 Å². The number of hydrogen-bond donors (Lipinski definition) is 2. The molecule has 5 nitrogen and oxygen atoms in total. The second kappa shape index (κ2) is 7.73. The summed E-state index contributed by atoms with van der Waals surface area (Å²) in [7, 11) is 0. The molecule has 3 rings (SSSR count). The summed E-state index contributed by atoms with van der Waals surface area (Å²) in [5.41, 5.74) is -1.40. The summed E-state index contributed by atoms with van der Waals surface area (Å²) >= 11 is 0. The fourth-order valence-electron chi connectivity index (χ4n) is 2.49. The Balaban J connectivity index is 1.48. The number of halogens is 4. The molecule has 0 saturated heterocycles. The Labute approximate surface area is 152 Å². The number of rotatable bonds is 5. The van der Waals surface area contributed by atoms with Gasteiger partial charge in [0.05, 0.1) is 18.7 Å². The molecule has 1 amide bonds. The summed E-state index contributed by atoms with van der Waals surface area (Å²) < 4.78 is 62.5. The zero-order valence-electron chi connectivity index (χ0n) is 14.0. The van der Waals surface area contributed by atoms with Crippen LogP contribution in [0.5, 0.6) is 11.5 Å². The largest absolute Gasteiger partial charge is 0.486 e. The van der Waals surface area contributed by atoms with Gasteiger partial charge in [0, 0.05) is 5.69 Å². The molecule has 0 bridgehead atoms. The number of para-hydroxylation sites is 2. The maximum Gasteiger partial charge on any atom is 0.419 e. The molecule has 2 N–H and O–H groups in total. The molecule has 27 heavy (non-hydrogen) atoms. The average molecular weight is 384 g/mol. The van der Waals surface area contributed by atoms with E-state index in [9.17, 15) is 22.4 Å². The van der Waals surface area contributed by atoms with E-state index in [0.29, 0.717) is 23.6 Å². The Morgan fingerprint density at radius 2 is 1.89 bits per heavy atom. The Bertz CT molecular complexity index is 826. The fraction of sp³-hybridized carbons (Fsp3) is 0.278. The van der Waals surface area contributed by atoms with E-state index in [1.165, 1.54) is 0 Å². The number of amides is 1. The van der Waals surface area contributed by atoms with Crippen LogP contribution in [0.15, 0.2) is 42.5 Å². The van der Waals surface area contributed by atoms with Gasteiger partial charge in [-0.1, -0.05) is 12.1 Å². The van der Waals surface area contributed by atoms with Crippen LogP contribution < -0.4 is 20.1 Å². The molecular weight excluding hydrogens is 368 g/mol. The van der Waals surface area contributed by atoms with Crippen LogP contribution in [-0.4, -0.2) is 31.7 Å². The minimum Gasteiger partial charge on any atom is -0.486 e. The molecular formula is C18H16F4N2O3. The highest BCUT2D eigenvalue weighted by atomic mass is 19.4. The average Bonchev–Trinajstić information content (AvgIpc) is 2.64. The number of alkyl halides is 3. The number of fused-ring (bicyclic) bond motifs is 1. The quantitative estimate of drug-likeness (QED) is 0.778. The smallest absolute Gasteiger partial charge is 0.419 e. The third kappa shape index (κ3) is 4.81. The molecule has 1 aliphatic rings. The van der Waals surface area contributed by atoms with Gasteiger partial charge in [-0.15, -0.1) is 0 Å². The second-order valence-electron chi connectivity index (χ2n) is 5.85. The number of carbonyl (C=O) groups is 1. The van der Waals surface area contributed by atoms with Gasteiger partial charge in [-0.05, 0) is 30.3 Å². The molecule has 0 saturated carbocycles. The Hall–Kier alpha value is -2.97. The first-order valence-corrected chi connectivity index (χ1v) is 8.09. The lowest BCUT2D eigenvalue weighted by atomic mass is 10.2. The van der Waals surface area contributed by atoms with E-state index in [1.54, 1.807) is 18.2 Å². The highest BCUT2D eigenvalue weighted by Gasteiger charge is 2.34. The van der Waals surface area contributed by atoms with E-state index >= 15 is 0 Å². The van der Waals surface area contributed by atoms with Gasteiger partial charge in [0.25, 0.3) is 0 Å². The fourth-order valence-corrected chi connectivity index (χ4v) is 2.49. The Kier molecular flexibility index (Phi) is 5.38. The molecule has 1 atom stereocenters. The van der Waals surface area contributed by atoms with Gasteiger partial charge in [0.2, 0.25) is 5.91 Å². The van der Waals surface area contributed by atoms with Gasteiger partial charge in [-0.25, -0.2) is 4.39 Å². The molecule has 2 aromatic rings. The van der Waals surface area contributed by atoms with Crippen LogP contribution >= 0.6 is 0 Å². The molecule has 1 unspecified atom stereocenters. The monoisotopic (exact) mass is 384 g/mol. The van der Waals surface area contributed by atoms with Crippen molar-refractivity contribution in [2.75, 3.05) is 25.0 Å². The first-order chi connectivity index (χ1) is 12.8. The number of nitrogens with one attached hydrogen (secondary N) is 2. The van der Waals surface area contributed by atoms with Gasteiger partial charge in [0.15, 0.2) is 11.5 Å². The van der Waals surface area contributed by atoms with Crippen molar-refractivity contribution in [1.29, 1.82) is 0 Å². The van der Waals surface area contributed by atoms with Crippen molar-refractivity contribution in [1.82, 2.24) is 5.32 Å². The first-order valence-electron chi connectivity index (χ1n) is 8.09. The predicted octanol–water partition coefficient (Wildman–Crippen LogP) is 3.21. The maximum atomic E-state index is 13.2. The number of benzene rings is 2. The maximum absolute atomic E-state index is 13.2. The van der Waals surface area contributed by atoms with Crippen LogP contribution in [0.2, 0.25) is 0 Å². The van der Waals surface area contributed by atoms with E-state index in [1.807, 2.05) is 6.07 Å². The minimum atomic E-state index is -4.81. The van der Waals surface area contributed by atoms with Crippen molar-refractivity contribution in [3.05, 3.63) is 53.8 Å². The first kappa shape index (κ1) is 18.8. The molecule has 1 heterocycles. The SMILES string of the molecule is O=C(CNc1ccc(F)c(C(F)(F)F)c1)NCC1COc2ccccc2O1. The Morgan fingerprint density at radius 1 is 1.15 bits per heavy atom. The van der Waals surface area contributed by atoms with Crippen LogP contribution in [0.3, 0.4) is 0 Å². The lowest BCUT2D eigenvalue weighted by Crippen LogP contribution is -2.42. The van der Waals surface area contributed by atoms with Gasteiger partial charge in [-0.2, -0.15) is 13.2 Å².